The number of H-pyrrole nitrogens is 1. The number of fused-ring (bicyclic) bond motifs is 1. The summed E-state index contributed by atoms with van der Waals surface area (Å²) in [5.74, 6) is -1.26. The Morgan fingerprint density at radius 3 is 2.61 bits per heavy atom. The molecule has 2 aromatic carbocycles. The van der Waals surface area contributed by atoms with Gasteiger partial charge in [-0.1, -0.05) is 30.3 Å². The van der Waals surface area contributed by atoms with Crippen LogP contribution in [0.15, 0.2) is 48.5 Å². The van der Waals surface area contributed by atoms with Gasteiger partial charge in [0, 0.05) is 18.8 Å². The quantitative estimate of drug-likeness (QED) is 0.613. The number of amides is 1. The van der Waals surface area contributed by atoms with Crippen LogP contribution in [0.3, 0.4) is 0 Å². The molecule has 1 saturated heterocycles. The van der Waals surface area contributed by atoms with Gasteiger partial charge in [-0.2, -0.15) is 13.2 Å². The van der Waals surface area contributed by atoms with E-state index in [9.17, 15) is 18.0 Å². The second-order valence-electron chi connectivity index (χ2n) is 7.64. The number of nitrogens with one attached hydrogen (secondary N) is 2. The summed E-state index contributed by atoms with van der Waals surface area (Å²) in [5, 5.41) is 2.75. The Bertz CT molecular complexity index is 1030. The maximum Gasteiger partial charge on any atom is 0.449 e. The number of anilines is 1. The predicted octanol–water partition coefficient (Wildman–Crippen LogP) is 4.20. The highest BCUT2D eigenvalue weighted by Gasteiger charge is 2.34. The van der Waals surface area contributed by atoms with Gasteiger partial charge in [0.15, 0.2) is 0 Å². The molecule has 2 N–H and O–H groups in total. The summed E-state index contributed by atoms with van der Waals surface area (Å²) in [4.78, 5) is 20.2. The highest BCUT2D eigenvalue weighted by molar-refractivity contribution is 5.94. The number of ether oxygens (including phenoxy) is 1. The van der Waals surface area contributed by atoms with Crippen molar-refractivity contribution in [2.75, 3.05) is 25.0 Å². The number of nitrogens with zero attached hydrogens (tertiary/aromatic N) is 2. The van der Waals surface area contributed by atoms with Crippen LogP contribution in [0.25, 0.3) is 11.0 Å². The first-order valence-corrected chi connectivity index (χ1v) is 10.1. The van der Waals surface area contributed by atoms with Crippen molar-refractivity contribution < 1.29 is 22.7 Å². The van der Waals surface area contributed by atoms with Gasteiger partial charge in [-0.15, -0.1) is 0 Å². The van der Waals surface area contributed by atoms with Gasteiger partial charge in [0.25, 0.3) is 0 Å². The van der Waals surface area contributed by atoms with Crippen molar-refractivity contribution in [1.29, 1.82) is 0 Å². The van der Waals surface area contributed by atoms with Crippen molar-refractivity contribution in [1.82, 2.24) is 14.9 Å². The van der Waals surface area contributed by atoms with Crippen molar-refractivity contribution in [3.8, 4) is 0 Å². The van der Waals surface area contributed by atoms with Crippen LogP contribution in [0, 0.1) is 0 Å². The third-order valence-corrected chi connectivity index (χ3v) is 5.26. The van der Waals surface area contributed by atoms with E-state index in [0.717, 1.165) is 31.5 Å². The highest BCUT2D eigenvalue weighted by atomic mass is 19.4. The zero-order chi connectivity index (χ0) is 21.8. The molecule has 6 nitrogen and oxygen atoms in total. The number of carbonyl (C=O) groups excluding carboxylic acids is 1. The molecule has 0 bridgehead atoms. The average molecular weight is 432 g/mol. The molecule has 4 rings (SSSR count). The number of aromatic amines is 1. The molecule has 1 aliphatic heterocycles. The predicted molar refractivity (Wildman–Crippen MR) is 110 cm³/mol. The molecule has 0 aliphatic carbocycles. The minimum absolute atomic E-state index is 0.171. The van der Waals surface area contributed by atoms with Gasteiger partial charge in [-0.3, -0.25) is 9.69 Å². The lowest BCUT2D eigenvalue weighted by Crippen LogP contribution is -2.41. The lowest BCUT2D eigenvalue weighted by atomic mass is 10.1. The monoisotopic (exact) mass is 432 g/mol. The third kappa shape index (κ3) is 5.62. The number of hydrogen-bond acceptors (Lipinski definition) is 4. The summed E-state index contributed by atoms with van der Waals surface area (Å²) in [7, 11) is 0. The second-order valence-corrected chi connectivity index (χ2v) is 7.64. The number of hydrogen-bond donors (Lipinski definition) is 2. The van der Waals surface area contributed by atoms with Crippen molar-refractivity contribution in [2.45, 2.75) is 31.7 Å². The van der Waals surface area contributed by atoms with E-state index in [1.807, 2.05) is 35.2 Å². The van der Waals surface area contributed by atoms with Crippen molar-refractivity contribution in [3.05, 3.63) is 59.9 Å². The van der Waals surface area contributed by atoms with E-state index in [2.05, 4.69) is 15.3 Å². The van der Waals surface area contributed by atoms with Gasteiger partial charge in [-0.05, 0) is 36.6 Å². The smallest absolute Gasteiger partial charge is 0.373 e. The Labute approximate surface area is 177 Å². The number of alkyl halides is 3. The number of imidazole rings is 1. The fourth-order valence-electron chi connectivity index (χ4n) is 3.65. The van der Waals surface area contributed by atoms with Crippen molar-refractivity contribution >= 4 is 22.6 Å². The molecule has 0 unspecified atom stereocenters. The molecule has 0 atom stereocenters. The van der Waals surface area contributed by atoms with E-state index in [4.69, 9.17) is 4.74 Å². The first-order chi connectivity index (χ1) is 14.9. The molecule has 0 saturated carbocycles. The molecule has 1 amide bonds. The van der Waals surface area contributed by atoms with Gasteiger partial charge in [0.2, 0.25) is 11.7 Å². The second kappa shape index (κ2) is 9.07. The molecule has 1 fully saturated rings. The molecule has 31 heavy (non-hydrogen) atoms. The number of halogens is 3. The molecule has 2 heterocycles. The minimum Gasteiger partial charge on any atom is -0.373 e. The number of piperidine rings is 1. The summed E-state index contributed by atoms with van der Waals surface area (Å²) >= 11 is 0. The fraction of sp³-hybridized carbons (Fsp3) is 0.364. The Morgan fingerprint density at radius 2 is 1.90 bits per heavy atom. The van der Waals surface area contributed by atoms with Gasteiger partial charge < -0.3 is 15.0 Å². The SMILES string of the molecule is O=C(CN1CCC(OCc2ccccc2)CC1)Nc1ccc2nc(C(F)(F)F)[nH]c2c1. The van der Waals surface area contributed by atoms with E-state index in [0.29, 0.717) is 12.3 Å². The molecule has 164 valence electrons. The van der Waals surface area contributed by atoms with Crippen LogP contribution in [0.1, 0.15) is 24.2 Å². The van der Waals surface area contributed by atoms with Crippen LogP contribution in [0.2, 0.25) is 0 Å². The summed E-state index contributed by atoms with van der Waals surface area (Å²) in [6, 6.07) is 14.5. The largest absolute Gasteiger partial charge is 0.449 e. The van der Waals surface area contributed by atoms with Crippen molar-refractivity contribution in [2.24, 2.45) is 0 Å². The number of aromatic nitrogens is 2. The summed E-state index contributed by atoms with van der Waals surface area (Å²) in [6.45, 7) is 2.31. The number of benzene rings is 2. The summed E-state index contributed by atoms with van der Waals surface area (Å²) in [5.41, 5.74) is 1.99. The third-order valence-electron chi connectivity index (χ3n) is 5.26. The van der Waals surface area contributed by atoms with Gasteiger partial charge in [0.1, 0.15) is 0 Å². The summed E-state index contributed by atoms with van der Waals surface area (Å²) in [6.07, 6.45) is -2.68. The van der Waals surface area contributed by atoms with Crippen LogP contribution in [-0.2, 0) is 22.3 Å². The molecule has 3 aromatic rings. The average Bonchev–Trinajstić information content (AvgIpc) is 3.18. The molecular formula is C22H23F3N4O2. The standard InChI is InChI=1S/C22H23F3N4O2/c23-22(24,25)21-27-18-7-6-16(12-19(18)28-21)26-20(30)13-29-10-8-17(9-11-29)31-14-15-4-2-1-3-5-15/h1-7,12,17H,8-11,13-14H2,(H,26,30)(H,27,28). The minimum atomic E-state index is -4.54. The Balaban J connectivity index is 1.25. The molecule has 1 aromatic heterocycles. The van der Waals surface area contributed by atoms with E-state index in [-0.39, 0.29) is 29.6 Å². The maximum absolute atomic E-state index is 12.8. The zero-order valence-electron chi connectivity index (χ0n) is 16.8. The topological polar surface area (TPSA) is 70.2 Å². The van der Waals surface area contributed by atoms with Crippen molar-refractivity contribution in [3.63, 3.8) is 0 Å². The number of likely N-dealkylation sites (tertiary alicyclic amines) is 1. The Kier molecular flexibility index (Phi) is 6.24. The van der Waals surface area contributed by atoms with Gasteiger partial charge >= 0.3 is 6.18 Å². The Hall–Kier alpha value is -2.91. The molecule has 0 spiro atoms. The van der Waals surface area contributed by atoms with Gasteiger partial charge in [0.05, 0.1) is 30.3 Å². The Morgan fingerprint density at radius 1 is 1.16 bits per heavy atom. The van der Waals surface area contributed by atoms with Gasteiger partial charge in [-0.25, -0.2) is 4.98 Å². The number of carbonyl (C=O) groups is 1. The zero-order valence-corrected chi connectivity index (χ0v) is 16.8. The summed E-state index contributed by atoms with van der Waals surface area (Å²) < 4.78 is 44.3. The van der Waals surface area contributed by atoms with E-state index < -0.39 is 12.0 Å². The molecular weight excluding hydrogens is 409 g/mol. The highest BCUT2D eigenvalue weighted by Crippen LogP contribution is 2.29. The molecule has 9 heteroatoms. The molecule has 1 aliphatic rings. The first-order valence-electron chi connectivity index (χ1n) is 10.1. The van der Waals surface area contributed by atoms with Crippen LogP contribution < -0.4 is 5.32 Å². The van der Waals surface area contributed by atoms with Crippen LogP contribution in [0.5, 0.6) is 0 Å². The normalized spacial score (nSPS) is 16.0. The van der Waals surface area contributed by atoms with E-state index >= 15 is 0 Å². The fourth-order valence-corrected chi connectivity index (χ4v) is 3.65. The maximum atomic E-state index is 12.8. The lowest BCUT2D eigenvalue weighted by Gasteiger charge is -2.31. The molecule has 0 radical (unpaired) electrons. The van der Waals surface area contributed by atoms with Crippen LogP contribution in [-0.4, -0.2) is 46.5 Å². The van der Waals surface area contributed by atoms with Crippen LogP contribution >= 0.6 is 0 Å². The van der Waals surface area contributed by atoms with E-state index in [1.54, 1.807) is 6.07 Å². The van der Waals surface area contributed by atoms with Crippen LogP contribution in [0.4, 0.5) is 18.9 Å². The lowest BCUT2D eigenvalue weighted by molar-refractivity contribution is -0.144. The van der Waals surface area contributed by atoms with E-state index in [1.165, 1.54) is 12.1 Å². The first kappa shape index (κ1) is 21.3. The number of rotatable bonds is 6.